The average Bonchev–Trinajstić information content (AvgIpc) is 2.29. The topological polar surface area (TPSA) is 37.0 Å². The number of nitrogens with zero attached hydrogens (tertiary/aromatic N) is 1. The van der Waals surface area contributed by atoms with Crippen LogP contribution in [0.2, 0.25) is 0 Å². The quantitative estimate of drug-likeness (QED) is 0.845. The Morgan fingerprint density at radius 1 is 1.56 bits per heavy atom. The van der Waals surface area contributed by atoms with Crippen LogP contribution in [0.3, 0.4) is 0 Å². The Morgan fingerprint density at radius 3 is 3.12 bits per heavy atom. The molecule has 16 heavy (non-hydrogen) atoms. The predicted molar refractivity (Wildman–Crippen MR) is 69.0 cm³/mol. The molecular weight excluding hydrogens is 222 g/mol. The van der Waals surface area contributed by atoms with E-state index in [4.69, 9.17) is 0 Å². The van der Waals surface area contributed by atoms with Crippen LogP contribution in [0.5, 0.6) is 0 Å². The molecule has 1 fully saturated rings. The summed E-state index contributed by atoms with van der Waals surface area (Å²) < 4.78 is 0. The summed E-state index contributed by atoms with van der Waals surface area (Å²) >= 11 is 0. The maximum absolute atomic E-state index is 4.38. The Morgan fingerprint density at radius 2 is 2.44 bits per heavy atom. The van der Waals surface area contributed by atoms with Crippen LogP contribution in [0.4, 0.5) is 0 Å². The fraction of sp³-hybridized carbons (Fsp3) is 0.583. The number of halogens is 1. The maximum Gasteiger partial charge on any atom is 0.0570 e. The average molecular weight is 242 g/mol. The molecule has 4 heteroatoms. The number of nitrogens with one attached hydrogen (secondary N) is 2. The van der Waals surface area contributed by atoms with Crippen molar-refractivity contribution in [1.82, 2.24) is 15.6 Å². The van der Waals surface area contributed by atoms with Gasteiger partial charge in [0.15, 0.2) is 0 Å². The Labute approximate surface area is 103 Å². The number of aromatic nitrogens is 1. The van der Waals surface area contributed by atoms with Crippen LogP contribution in [0, 0.1) is 6.92 Å². The van der Waals surface area contributed by atoms with Gasteiger partial charge in [-0.15, -0.1) is 12.4 Å². The van der Waals surface area contributed by atoms with E-state index in [2.05, 4.69) is 28.6 Å². The summed E-state index contributed by atoms with van der Waals surface area (Å²) in [6, 6.07) is 4.71. The van der Waals surface area contributed by atoms with E-state index in [9.17, 15) is 0 Å². The third-order valence-electron chi connectivity index (χ3n) is 2.97. The molecule has 1 atom stereocenters. The lowest BCUT2D eigenvalue weighted by molar-refractivity contribution is 0.387. The molecule has 1 aliphatic rings. The molecule has 0 bridgehead atoms. The van der Waals surface area contributed by atoms with E-state index in [0.29, 0.717) is 6.04 Å². The van der Waals surface area contributed by atoms with Crippen molar-refractivity contribution in [2.45, 2.75) is 32.4 Å². The molecule has 90 valence electrons. The highest BCUT2D eigenvalue weighted by molar-refractivity contribution is 5.85. The smallest absolute Gasteiger partial charge is 0.0570 e. The zero-order valence-corrected chi connectivity index (χ0v) is 10.5. The molecule has 2 heterocycles. The minimum Gasteiger partial charge on any atom is -0.315 e. The summed E-state index contributed by atoms with van der Waals surface area (Å²) in [7, 11) is 0. The standard InChI is InChI=1S/C12H19N3.ClH/c1-10-4-2-7-14-12(10)9-15-11-5-3-6-13-8-11;/h2,4,7,11,13,15H,3,5-6,8-9H2,1H3;1H. The van der Waals surface area contributed by atoms with Crippen molar-refractivity contribution in [1.29, 1.82) is 0 Å². The Balaban J connectivity index is 0.00000128. The van der Waals surface area contributed by atoms with Crippen LogP contribution in [-0.2, 0) is 6.54 Å². The highest BCUT2D eigenvalue weighted by Gasteiger charge is 2.12. The number of hydrogen-bond acceptors (Lipinski definition) is 3. The van der Waals surface area contributed by atoms with Gasteiger partial charge in [0.1, 0.15) is 0 Å². The highest BCUT2D eigenvalue weighted by Crippen LogP contribution is 2.05. The lowest BCUT2D eigenvalue weighted by atomic mass is 10.1. The number of rotatable bonds is 3. The van der Waals surface area contributed by atoms with Crippen molar-refractivity contribution in [3.8, 4) is 0 Å². The van der Waals surface area contributed by atoms with Crippen molar-refractivity contribution in [3.63, 3.8) is 0 Å². The second-order valence-corrected chi connectivity index (χ2v) is 4.19. The largest absolute Gasteiger partial charge is 0.315 e. The van der Waals surface area contributed by atoms with Gasteiger partial charge >= 0.3 is 0 Å². The summed E-state index contributed by atoms with van der Waals surface area (Å²) in [5.74, 6) is 0. The number of aryl methyl sites for hydroxylation is 1. The van der Waals surface area contributed by atoms with Crippen molar-refractivity contribution in [2.75, 3.05) is 13.1 Å². The van der Waals surface area contributed by atoms with Crippen molar-refractivity contribution in [2.24, 2.45) is 0 Å². The highest BCUT2D eigenvalue weighted by atomic mass is 35.5. The third-order valence-corrected chi connectivity index (χ3v) is 2.97. The molecule has 0 spiro atoms. The lowest BCUT2D eigenvalue weighted by Gasteiger charge is -2.23. The predicted octanol–water partition coefficient (Wildman–Crippen LogP) is 1.65. The lowest BCUT2D eigenvalue weighted by Crippen LogP contribution is -2.42. The number of piperidine rings is 1. The first-order chi connectivity index (χ1) is 7.36. The molecule has 0 aromatic carbocycles. The summed E-state index contributed by atoms with van der Waals surface area (Å²) in [6.07, 6.45) is 4.42. The first-order valence-electron chi connectivity index (χ1n) is 5.71. The fourth-order valence-corrected chi connectivity index (χ4v) is 1.97. The zero-order chi connectivity index (χ0) is 10.5. The minimum absolute atomic E-state index is 0. The van der Waals surface area contributed by atoms with Gasteiger partial charge in [0.05, 0.1) is 5.69 Å². The van der Waals surface area contributed by atoms with E-state index in [-0.39, 0.29) is 12.4 Å². The van der Waals surface area contributed by atoms with E-state index in [1.54, 1.807) is 0 Å². The van der Waals surface area contributed by atoms with E-state index in [1.165, 1.54) is 30.6 Å². The van der Waals surface area contributed by atoms with E-state index >= 15 is 0 Å². The van der Waals surface area contributed by atoms with Gasteiger partial charge in [-0.2, -0.15) is 0 Å². The molecule has 1 unspecified atom stereocenters. The number of hydrogen-bond donors (Lipinski definition) is 2. The van der Waals surface area contributed by atoms with Crippen LogP contribution in [0.25, 0.3) is 0 Å². The fourth-order valence-electron chi connectivity index (χ4n) is 1.97. The van der Waals surface area contributed by atoms with E-state index in [1.807, 2.05) is 12.3 Å². The van der Waals surface area contributed by atoms with Crippen molar-refractivity contribution in [3.05, 3.63) is 29.6 Å². The molecule has 1 aromatic rings. The summed E-state index contributed by atoms with van der Waals surface area (Å²) in [5.41, 5.74) is 2.44. The molecule has 2 N–H and O–H groups in total. The van der Waals surface area contributed by atoms with Gasteiger partial charge in [-0.25, -0.2) is 0 Å². The summed E-state index contributed by atoms with van der Waals surface area (Å²) in [6.45, 7) is 5.26. The molecule has 1 aliphatic heterocycles. The van der Waals surface area contributed by atoms with Crippen LogP contribution in [-0.4, -0.2) is 24.1 Å². The van der Waals surface area contributed by atoms with Gasteiger partial charge in [0.25, 0.3) is 0 Å². The van der Waals surface area contributed by atoms with E-state index < -0.39 is 0 Å². The molecular formula is C12H20ClN3. The van der Waals surface area contributed by atoms with Crippen LogP contribution in [0.1, 0.15) is 24.1 Å². The van der Waals surface area contributed by atoms with Crippen LogP contribution < -0.4 is 10.6 Å². The Hall–Kier alpha value is -0.640. The molecule has 1 aromatic heterocycles. The van der Waals surface area contributed by atoms with Gasteiger partial charge in [-0.1, -0.05) is 6.07 Å². The van der Waals surface area contributed by atoms with Crippen molar-refractivity contribution >= 4 is 12.4 Å². The first kappa shape index (κ1) is 13.4. The monoisotopic (exact) mass is 241 g/mol. The van der Waals surface area contributed by atoms with Gasteiger partial charge in [0.2, 0.25) is 0 Å². The molecule has 0 aliphatic carbocycles. The third kappa shape index (κ3) is 3.74. The molecule has 0 amide bonds. The first-order valence-corrected chi connectivity index (χ1v) is 5.71. The summed E-state index contributed by atoms with van der Waals surface area (Å²) in [5, 5.41) is 6.96. The summed E-state index contributed by atoms with van der Waals surface area (Å²) in [4.78, 5) is 4.38. The minimum atomic E-state index is 0. The second kappa shape index (κ2) is 6.84. The zero-order valence-electron chi connectivity index (χ0n) is 9.70. The molecule has 0 radical (unpaired) electrons. The van der Waals surface area contributed by atoms with E-state index in [0.717, 1.165) is 13.1 Å². The van der Waals surface area contributed by atoms with Gasteiger partial charge in [-0.3, -0.25) is 4.98 Å². The normalized spacial score (nSPS) is 20.2. The molecule has 1 saturated heterocycles. The van der Waals surface area contributed by atoms with Gasteiger partial charge in [0, 0.05) is 25.3 Å². The molecule has 2 rings (SSSR count). The van der Waals surface area contributed by atoms with Gasteiger partial charge in [-0.05, 0) is 37.9 Å². The molecule has 0 saturated carbocycles. The molecule has 3 nitrogen and oxygen atoms in total. The second-order valence-electron chi connectivity index (χ2n) is 4.19. The Bertz CT molecular complexity index is 311. The van der Waals surface area contributed by atoms with Crippen LogP contribution >= 0.6 is 12.4 Å². The SMILES string of the molecule is Cc1cccnc1CNC1CCCNC1.Cl. The Kier molecular flexibility index (Phi) is 5.74. The van der Waals surface area contributed by atoms with Crippen LogP contribution in [0.15, 0.2) is 18.3 Å². The van der Waals surface area contributed by atoms with Crippen molar-refractivity contribution < 1.29 is 0 Å². The van der Waals surface area contributed by atoms with Gasteiger partial charge < -0.3 is 10.6 Å². The maximum atomic E-state index is 4.38. The number of pyridine rings is 1.